The highest BCUT2D eigenvalue weighted by Gasteiger charge is 2.10. The van der Waals surface area contributed by atoms with Gasteiger partial charge in [0, 0.05) is 12.6 Å². The van der Waals surface area contributed by atoms with Crippen LogP contribution < -0.4 is 11.1 Å². The van der Waals surface area contributed by atoms with Gasteiger partial charge in [0.25, 0.3) is 0 Å². The van der Waals surface area contributed by atoms with Crippen LogP contribution >= 0.6 is 0 Å². The topological polar surface area (TPSA) is 81.2 Å². The van der Waals surface area contributed by atoms with Crippen molar-refractivity contribution >= 4 is 5.91 Å². The molecule has 1 unspecified atom stereocenters. The molecule has 1 amide bonds. The van der Waals surface area contributed by atoms with Crippen molar-refractivity contribution in [3.05, 3.63) is 17.3 Å². The Morgan fingerprint density at radius 1 is 1.60 bits per heavy atom. The van der Waals surface area contributed by atoms with Crippen LogP contribution in [0.3, 0.4) is 0 Å². The highest BCUT2D eigenvalue weighted by Crippen LogP contribution is 2.08. The van der Waals surface area contributed by atoms with Crippen molar-refractivity contribution < 1.29 is 9.21 Å². The van der Waals surface area contributed by atoms with Crippen LogP contribution in [0.4, 0.5) is 0 Å². The minimum absolute atomic E-state index is 0.0398. The normalized spacial score (nSPS) is 12.5. The maximum atomic E-state index is 11.4. The summed E-state index contributed by atoms with van der Waals surface area (Å²) < 4.78 is 5.29. The SMILES string of the molecule is Cc1nc(CC(=O)NCC(C)N)oc1C. The van der Waals surface area contributed by atoms with Crippen LogP contribution in [0.1, 0.15) is 24.3 Å². The van der Waals surface area contributed by atoms with Crippen LogP contribution in [-0.2, 0) is 11.2 Å². The van der Waals surface area contributed by atoms with E-state index in [1.54, 1.807) is 0 Å². The largest absolute Gasteiger partial charge is 0.445 e. The Bertz CT molecular complexity index is 325. The average molecular weight is 211 g/mol. The molecule has 3 N–H and O–H groups in total. The van der Waals surface area contributed by atoms with E-state index in [9.17, 15) is 4.79 Å². The molecule has 15 heavy (non-hydrogen) atoms. The third kappa shape index (κ3) is 3.71. The summed E-state index contributed by atoms with van der Waals surface area (Å²) >= 11 is 0. The standard InChI is InChI=1S/C10H17N3O2/c1-6(11)5-12-9(14)4-10-13-7(2)8(3)15-10/h6H,4-5,11H2,1-3H3,(H,12,14). The Labute approximate surface area is 89.1 Å². The smallest absolute Gasteiger partial charge is 0.229 e. The van der Waals surface area contributed by atoms with E-state index in [1.807, 2.05) is 20.8 Å². The van der Waals surface area contributed by atoms with Crippen LogP contribution in [0.25, 0.3) is 0 Å². The Balaban J connectivity index is 2.44. The average Bonchev–Trinajstić information content (AvgIpc) is 2.42. The fourth-order valence-corrected chi connectivity index (χ4v) is 1.09. The van der Waals surface area contributed by atoms with Crippen molar-refractivity contribution in [1.82, 2.24) is 10.3 Å². The Kier molecular flexibility index (Phi) is 3.85. The molecule has 1 rings (SSSR count). The number of oxazole rings is 1. The molecular formula is C10H17N3O2. The van der Waals surface area contributed by atoms with Crippen LogP contribution in [0, 0.1) is 13.8 Å². The summed E-state index contributed by atoms with van der Waals surface area (Å²) in [5.74, 6) is 1.09. The van der Waals surface area contributed by atoms with Gasteiger partial charge in [-0.3, -0.25) is 4.79 Å². The molecule has 0 aliphatic heterocycles. The predicted molar refractivity (Wildman–Crippen MR) is 56.3 cm³/mol. The molecule has 1 aromatic rings. The van der Waals surface area contributed by atoms with Gasteiger partial charge in [-0.1, -0.05) is 0 Å². The second-order valence-electron chi connectivity index (χ2n) is 3.71. The van der Waals surface area contributed by atoms with Gasteiger partial charge < -0.3 is 15.5 Å². The monoisotopic (exact) mass is 211 g/mol. The molecule has 0 aliphatic rings. The third-order valence-electron chi connectivity index (χ3n) is 2.01. The van der Waals surface area contributed by atoms with Gasteiger partial charge in [0.1, 0.15) is 12.2 Å². The minimum atomic E-state index is -0.117. The van der Waals surface area contributed by atoms with Crippen LogP contribution in [0.2, 0.25) is 0 Å². The van der Waals surface area contributed by atoms with E-state index in [2.05, 4.69) is 10.3 Å². The van der Waals surface area contributed by atoms with Gasteiger partial charge >= 0.3 is 0 Å². The molecule has 5 nitrogen and oxygen atoms in total. The number of carbonyl (C=O) groups is 1. The predicted octanol–water partition coefficient (Wildman–Crippen LogP) is 0.297. The molecular weight excluding hydrogens is 194 g/mol. The molecule has 0 saturated carbocycles. The lowest BCUT2D eigenvalue weighted by Crippen LogP contribution is -2.35. The second kappa shape index (κ2) is 4.93. The maximum Gasteiger partial charge on any atom is 0.229 e. The summed E-state index contributed by atoms with van der Waals surface area (Å²) in [7, 11) is 0. The first kappa shape index (κ1) is 11.7. The molecule has 0 fully saturated rings. The number of nitrogens with zero attached hydrogens (tertiary/aromatic N) is 1. The molecule has 0 spiro atoms. The highest BCUT2D eigenvalue weighted by atomic mass is 16.4. The van der Waals surface area contributed by atoms with Crippen LogP contribution in [0.15, 0.2) is 4.42 Å². The van der Waals surface area contributed by atoms with Gasteiger partial charge in [-0.15, -0.1) is 0 Å². The van der Waals surface area contributed by atoms with E-state index in [0.29, 0.717) is 12.4 Å². The van der Waals surface area contributed by atoms with Gasteiger partial charge in [0.2, 0.25) is 11.8 Å². The quantitative estimate of drug-likeness (QED) is 0.750. The number of nitrogens with two attached hydrogens (primary N) is 1. The van der Waals surface area contributed by atoms with Gasteiger partial charge in [-0.05, 0) is 20.8 Å². The molecule has 84 valence electrons. The number of hydrogen-bond donors (Lipinski definition) is 2. The number of carbonyl (C=O) groups excluding carboxylic acids is 1. The van der Waals surface area contributed by atoms with Crippen molar-refractivity contribution in [2.24, 2.45) is 5.73 Å². The van der Waals surface area contributed by atoms with E-state index in [-0.39, 0.29) is 18.4 Å². The Morgan fingerprint density at radius 2 is 2.27 bits per heavy atom. The Morgan fingerprint density at radius 3 is 2.73 bits per heavy atom. The zero-order valence-corrected chi connectivity index (χ0v) is 9.33. The van der Waals surface area contributed by atoms with Gasteiger partial charge in [-0.2, -0.15) is 0 Å². The van der Waals surface area contributed by atoms with Gasteiger partial charge in [-0.25, -0.2) is 4.98 Å². The van der Waals surface area contributed by atoms with Gasteiger partial charge in [0.15, 0.2) is 0 Å². The van der Waals surface area contributed by atoms with E-state index in [4.69, 9.17) is 10.2 Å². The summed E-state index contributed by atoms with van der Waals surface area (Å²) in [6.45, 7) is 5.98. The third-order valence-corrected chi connectivity index (χ3v) is 2.01. The van der Waals surface area contributed by atoms with E-state index < -0.39 is 0 Å². The van der Waals surface area contributed by atoms with Crippen molar-refractivity contribution in [2.75, 3.05) is 6.54 Å². The lowest BCUT2D eigenvalue weighted by molar-refractivity contribution is -0.120. The maximum absolute atomic E-state index is 11.4. The highest BCUT2D eigenvalue weighted by molar-refractivity contribution is 5.77. The first-order valence-electron chi connectivity index (χ1n) is 4.94. The second-order valence-corrected chi connectivity index (χ2v) is 3.71. The molecule has 0 aliphatic carbocycles. The molecule has 1 atom stereocenters. The number of aryl methyl sites for hydroxylation is 2. The zero-order chi connectivity index (χ0) is 11.4. The zero-order valence-electron chi connectivity index (χ0n) is 9.33. The molecule has 0 aromatic carbocycles. The summed E-state index contributed by atoms with van der Waals surface area (Å²) in [5.41, 5.74) is 6.33. The number of hydrogen-bond acceptors (Lipinski definition) is 4. The first-order valence-corrected chi connectivity index (χ1v) is 4.94. The van der Waals surface area contributed by atoms with Crippen LogP contribution in [-0.4, -0.2) is 23.5 Å². The van der Waals surface area contributed by atoms with E-state index in [0.717, 1.165) is 11.5 Å². The Hall–Kier alpha value is -1.36. The molecule has 5 heteroatoms. The lowest BCUT2D eigenvalue weighted by Gasteiger charge is -2.05. The molecule has 1 aromatic heterocycles. The molecule has 1 heterocycles. The summed E-state index contributed by atoms with van der Waals surface area (Å²) in [4.78, 5) is 15.5. The number of aromatic nitrogens is 1. The molecule has 0 bridgehead atoms. The van der Waals surface area contributed by atoms with Crippen molar-refractivity contribution in [3.8, 4) is 0 Å². The fraction of sp³-hybridized carbons (Fsp3) is 0.600. The number of rotatable bonds is 4. The van der Waals surface area contributed by atoms with Crippen LogP contribution in [0.5, 0.6) is 0 Å². The van der Waals surface area contributed by atoms with Crippen molar-refractivity contribution in [2.45, 2.75) is 33.2 Å². The van der Waals surface area contributed by atoms with Gasteiger partial charge in [0.05, 0.1) is 5.69 Å². The number of nitrogens with one attached hydrogen (secondary N) is 1. The van der Waals surface area contributed by atoms with Crippen molar-refractivity contribution in [1.29, 1.82) is 0 Å². The minimum Gasteiger partial charge on any atom is -0.445 e. The first-order chi connectivity index (χ1) is 6.99. The van der Waals surface area contributed by atoms with E-state index >= 15 is 0 Å². The fourth-order valence-electron chi connectivity index (χ4n) is 1.09. The van der Waals surface area contributed by atoms with E-state index in [1.165, 1.54) is 0 Å². The summed E-state index contributed by atoms with van der Waals surface area (Å²) in [6, 6.07) is -0.0398. The number of amides is 1. The molecule has 0 radical (unpaired) electrons. The summed E-state index contributed by atoms with van der Waals surface area (Å²) in [6.07, 6.45) is 0.168. The lowest BCUT2D eigenvalue weighted by atomic mass is 10.3. The molecule has 0 saturated heterocycles. The van der Waals surface area contributed by atoms with Crippen molar-refractivity contribution in [3.63, 3.8) is 0 Å². The summed E-state index contributed by atoms with van der Waals surface area (Å²) in [5, 5.41) is 2.70.